The summed E-state index contributed by atoms with van der Waals surface area (Å²) >= 11 is 1.77. The highest BCUT2D eigenvalue weighted by Crippen LogP contribution is 2.46. The lowest BCUT2D eigenvalue weighted by atomic mass is 9.95. The molecule has 7 heteroatoms. The van der Waals surface area contributed by atoms with Crippen LogP contribution >= 0.6 is 11.8 Å². The lowest BCUT2D eigenvalue weighted by molar-refractivity contribution is -0.00965. The molecule has 6 nitrogen and oxygen atoms in total. The van der Waals surface area contributed by atoms with E-state index < -0.39 is 6.16 Å². The van der Waals surface area contributed by atoms with Crippen LogP contribution in [0.1, 0.15) is 48.9 Å². The van der Waals surface area contributed by atoms with Crippen LogP contribution in [0, 0.1) is 0 Å². The molecule has 0 radical (unpaired) electrons. The Hall–Kier alpha value is -2.64. The SMILES string of the molecule is CCCc1c(OC(=O)OCC)c2c3c(ccc2n1C)OC1c2ccc(SC)cc2CCN1C3. The van der Waals surface area contributed by atoms with Gasteiger partial charge in [0.1, 0.15) is 5.75 Å². The van der Waals surface area contributed by atoms with E-state index in [9.17, 15) is 4.79 Å². The maximum Gasteiger partial charge on any atom is 0.513 e. The highest BCUT2D eigenvalue weighted by molar-refractivity contribution is 7.98. The molecule has 0 amide bonds. The summed E-state index contributed by atoms with van der Waals surface area (Å²) in [5.41, 5.74) is 5.73. The molecule has 0 saturated heterocycles. The van der Waals surface area contributed by atoms with Gasteiger partial charge in [0.25, 0.3) is 0 Å². The summed E-state index contributed by atoms with van der Waals surface area (Å²) in [5, 5.41) is 0.952. The summed E-state index contributed by atoms with van der Waals surface area (Å²) < 4.78 is 19.6. The van der Waals surface area contributed by atoms with Gasteiger partial charge in [-0.15, -0.1) is 11.8 Å². The topological polar surface area (TPSA) is 52.9 Å². The molecule has 1 atom stereocenters. The molecule has 1 unspecified atom stereocenters. The molecule has 1 aromatic heterocycles. The van der Waals surface area contributed by atoms with Gasteiger partial charge in [-0.3, -0.25) is 4.90 Å². The number of aryl methyl sites for hydroxylation is 1. The molecule has 2 aliphatic heterocycles. The van der Waals surface area contributed by atoms with Crippen molar-refractivity contribution in [3.05, 3.63) is 52.7 Å². The second kappa shape index (κ2) is 8.95. The molecule has 0 saturated carbocycles. The summed E-state index contributed by atoms with van der Waals surface area (Å²) in [5.74, 6) is 1.46. The quantitative estimate of drug-likeness (QED) is 0.348. The molecule has 0 spiro atoms. The van der Waals surface area contributed by atoms with E-state index in [1.807, 2.05) is 7.05 Å². The number of ether oxygens (including phenoxy) is 3. The van der Waals surface area contributed by atoms with Gasteiger partial charge in [-0.05, 0) is 55.9 Å². The summed E-state index contributed by atoms with van der Waals surface area (Å²) in [6.45, 7) is 5.86. The van der Waals surface area contributed by atoms with Crippen molar-refractivity contribution in [2.45, 2.75) is 50.8 Å². The van der Waals surface area contributed by atoms with Gasteiger partial charge < -0.3 is 18.8 Å². The first kappa shape index (κ1) is 22.2. The lowest BCUT2D eigenvalue weighted by Gasteiger charge is -2.41. The third kappa shape index (κ3) is 3.77. The van der Waals surface area contributed by atoms with Crippen LogP contribution in [0.25, 0.3) is 10.9 Å². The minimum Gasteiger partial charge on any atom is -0.471 e. The third-order valence-electron chi connectivity index (χ3n) is 6.65. The van der Waals surface area contributed by atoms with E-state index >= 15 is 0 Å². The second-order valence-electron chi connectivity index (χ2n) is 8.56. The number of fused-ring (bicyclic) bond motifs is 6. The van der Waals surface area contributed by atoms with E-state index in [4.69, 9.17) is 14.2 Å². The van der Waals surface area contributed by atoms with Crippen molar-refractivity contribution >= 4 is 28.8 Å². The van der Waals surface area contributed by atoms with Gasteiger partial charge in [0, 0.05) is 36.2 Å². The van der Waals surface area contributed by atoms with Crippen molar-refractivity contribution in [2.24, 2.45) is 7.05 Å². The molecule has 174 valence electrons. The van der Waals surface area contributed by atoms with E-state index in [1.54, 1.807) is 18.7 Å². The fraction of sp³-hybridized carbons (Fsp3) is 0.423. The van der Waals surface area contributed by atoms with Gasteiger partial charge in [-0.1, -0.05) is 19.4 Å². The van der Waals surface area contributed by atoms with Crippen molar-refractivity contribution in [3.8, 4) is 11.5 Å². The number of nitrogens with zero attached hydrogens (tertiary/aromatic N) is 2. The van der Waals surface area contributed by atoms with E-state index in [2.05, 4.69) is 53.0 Å². The van der Waals surface area contributed by atoms with Crippen molar-refractivity contribution < 1.29 is 19.0 Å². The van der Waals surface area contributed by atoms with Crippen LogP contribution in [0.3, 0.4) is 0 Å². The van der Waals surface area contributed by atoms with Crippen molar-refractivity contribution in [3.63, 3.8) is 0 Å². The van der Waals surface area contributed by atoms with Crippen LogP contribution in [-0.2, 0) is 31.2 Å². The zero-order valence-electron chi connectivity index (χ0n) is 19.6. The second-order valence-corrected chi connectivity index (χ2v) is 9.44. The average molecular weight is 467 g/mol. The predicted octanol–water partition coefficient (Wildman–Crippen LogP) is 5.84. The zero-order chi connectivity index (χ0) is 23.1. The van der Waals surface area contributed by atoms with Gasteiger partial charge in [0.15, 0.2) is 12.0 Å². The summed E-state index contributed by atoms with van der Waals surface area (Å²) in [6, 6.07) is 10.8. The van der Waals surface area contributed by atoms with Crippen LogP contribution in [0.2, 0.25) is 0 Å². The lowest BCUT2D eigenvalue weighted by Crippen LogP contribution is -2.40. The number of carbonyl (C=O) groups excluding carboxylic acids is 1. The third-order valence-corrected chi connectivity index (χ3v) is 7.38. The molecule has 33 heavy (non-hydrogen) atoms. The Balaban J connectivity index is 1.60. The molecular weight excluding hydrogens is 436 g/mol. The number of hydrogen-bond donors (Lipinski definition) is 0. The highest BCUT2D eigenvalue weighted by Gasteiger charge is 2.36. The fourth-order valence-electron chi connectivity index (χ4n) is 5.09. The Morgan fingerprint density at radius 3 is 2.85 bits per heavy atom. The number of hydrogen-bond acceptors (Lipinski definition) is 6. The van der Waals surface area contributed by atoms with Crippen LogP contribution in [0.5, 0.6) is 11.5 Å². The van der Waals surface area contributed by atoms with Gasteiger partial charge in [-0.2, -0.15) is 0 Å². The van der Waals surface area contributed by atoms with Crippen molar-refractivity contribution in [1.29, 1.82) is 0 Å². The van der Waals surface area contributed by atoms with Crippen molar-refractivity contribution in [1.82, 2.24) is 9.47 Å². The minimum atomic E-state index is -0.661. The summed E-state index contributed by atoms with van der Waals surface area (Å²) in [7, 11) is 2.03. The normalized spacial score (nSPS) is 17.2. The predicted molar refractivity (Wildman–Crippen MR) is 130 cm³/mol. The fourth-order valence-corrected chi connectivity index (χ4v) is 5.55. The summed E-state index contributed by atoms with van der Waals surface area (Å²) in [4.78, 5) is 16.0. The highest BCUT2D eigenvalue weighted by atomic mass is 32.2. The van der Waals surface area contributed by atoms with Gasteiger partial charge in [-0.25, -0.2) is 4.79 Å². The molecule has 3 aromatic rings. The number of carbonyl (C=O) groups is 1. The zero-order valence-corrected chi connectivity index (χ0v) is 20.5. The standard InChI is InChI=1S/C26H30N2O4S/c1-5-7-21-24(32-26(29)30-6-2)23-19-15-28-13-12-16-14-17(33-4)8-9-18(16)25(28)31-22(19)11-10-20(23)27(21)3/h8-11,14,25H,5-7,12-13,15H2,1-4H3. The first-order valence-electron chi connectivity index (χ1n) is 11.6. The van der Waals surface area contributed by atoms with E-state index in [1.165, 1.54) is 16.0 Å². The first-order valence-corrected chi connectivity index (χ1v) is 12.8. The van der Waals surface area contributed by atoms with E-state index in [0.29, 0.717) is 5.75 Å². The molecule has 5 rings (SSSR count). The molecule has 3 heterocycles. The van der Waals surface area contributed by atoms with Crippen LogP contribution in [0.15, 0.2) is 35.2 Å². The molecule has 0 aliphatic carbocycles. The van der Waals surface area contributed by atoms with Gasteiger partial charge >= 0.3 is 6.16 Å². The van der Waals surface area contributed by atoms with Gasteiger partial charge in [0.2, 0.25) is 0 Å². The smallest absolute Gasteiger partial charge is 0.471 e. The van der Waals surface area contributed by atoms with Crippen LogP contribution in [-0.4, -0.2) is 35.0 Å². The van der Waals surface area contributed by atoms with Crippen LogP contribution in [0.4, 0.5) is 4.79 Å². The monoisotopic (exact) mass is 466 g/mol. The maximum absolute atomic E-state index is 12.3. The Labute approximate surface area is 198 Å². The molecular formula is C26H30N2O4S. The number of thioether (sulfide) groups is 1. The number of benzene rings is 2. The molecule has 0 N–H and O–H groups in total. The molecule has 2 aliphatic rings. The minimum absolute atomic E-state index is 0.0946. The van der Waals surface area contributed by atoms with Crippen LogP contribution < -0.4 is 9.47 Å². The van der Waals surface area contributed by atoms with E-state index in [-0.39, 0.29) is 12.8 Å². The first-order chi connectivity index (χ1) is 16.0. The Bertz CT molecular complexity index is 1220. The average Bonchev–Trinajstić information content (AvgIpc) is 3.09. The molecule has 0 bridgehead atoms. The number of rotatable bonds is 5. The Kier molecular flexibility index (Phi) is 6.01. The largest absolute Gasteiger partial charge is 0.513 e. The Morgan fingerprint density at radius 1 is 1.24 bits per heavy atom. The Morgan fingerprint density at radius 2 is 2.09 bits per heavy atom. The molecule has 0 fully saturated rings. The molecule has 2 aromatic carbocycles. The van der Waals surface area contributed by atoms with E-state index in [0.717, 1.165) is 60.3 Å². The van der Waals surface area contributed by atoms with Crippen molar-refractivity contribution in [2.75, 3.05) is 19.4 Å². The number of aromatic nitrogens is 1. The van der Waals surface area contributed by atoms with Gasteiger partial charge in [0.05, 0.1) is 23.2 Å². The maximum atomic E-state index is 12.3. The summed E-state index contributed by atoms with van der Waals surface area (Å²) in [6.07, 6.45) is 4.11.